The lowest BCUT2D eigenvalue weighted by Crippen LogP contribution is -2.29. The highest BCUT2D eigenvalue weighted by molar-refractivity contribution is 7.90. The van der Waals surface area contributed by atoms with Gasteiger partial charge in [-0.25, -0.2) is 8.42 Å². The standard InChI is InChI=1S/C20H23N3O4S2/c1-13-11-17(14(2)28-13)18(24)8-9-20(25)22-15-5-3-6-16(12-15)29(26,27)23-19-7-4-10-21-19/h3,5-6,11-12H,4,7-10H2,1-2H3,(H,21,23)(H,22,25). The van der Waals surface area contributed by atoms with Crippen molar-refractivity contribution in [1.29, 1.82) is 0 Å². The number of sulfonamides is 1. The van der Waals surface area contributed by atoms with E-state index in [1.807, 2.05) is 19.9 Å². The molecule has 3 rings (SSSR count). The van der Waals surface area contributed by atoms with E-state index in [4.69, 9.17) is 0 Å². The van der Waals surface area contributed by atoms with Gasteiger partial charge in [-0.05, 0) is 44.5 Å². The Hall–Kier alpha value is -2.52. The first-order valence-electron chi connectivity index (χ1n) is 9.31. The SMILES string of the molecule is Cc1cc(C(=O)CCC(=O)Nc2cccc(S(=O)(=O)NC3=NCCC3)c2)c(C)s1. The van der Waals surface area contributed by atoms with Crippen LogP contribution in [0.4, 0.5) is 5.69 Å². The molecule has 0 aliphatic carbocycles. The maximum absolute atomic E-state index is 12.5. The number of hydrogen-bond donors (Lipinski definition) is 2. The van der Waals surface area contributed by atoms with E-state index in [1.54, 1.807) is 23.5 Å². The third kappa shape index (κ3) is 5.51. The fourth-order valence-corrected chi connectivity index (χ4v) is 5.15. The molecule has 0 spiro atoms. The normalized spacial score (nSPS) is 13.8. The minimum absolute atomic E-state index is 0.0270. The fourth-order valence-electron chi connectivity index (χ4n) is 3.07. The van der Waals surface area contributed by atoms with Crippen molar-refractivity contribution in [2.24, 2.45) is 4.99 Å². The molecule has 1 amide bonds. The van der Waals surface area contributed by atoms with Gasteiger partial charge in [0.05, 0.1) is 4.90 Å². The number of nitrogens with zero attached hydrogens (tertiary/aromatic N) is 1. The molecule has 0 bridgehead atoms. The first-order valence-corrected chi connectivity index (χ1v) is 11.6. The number of aryl methyl sites for hydroxylation is 2. The van der Waals surface area contributed by atoms with Gasteiger partial charge in [-0.1, -0.05) is 6.07 Å². The first-order chi connectivity index (χ1) is 13.7. The summed E-state index contributed by atoms with van der Waals surface area (Å²) >= 11 is 1.56. The van der Waals surface area contributed by atoms with Crippen LogP contribution in [-0.2, 0) is 14.8 Å². The molecule has 0 atom stereocenters. The number of carbonyl (C=O) groups excluding carboxylic acids is 2. The van der Waals surface area contributed by atoms with Crippen LogP contribution in [0.2, 0.25) is 0 Å². The highest BCUT2D eigenvalue weighted by atomic mass is 32.2. The Bertz CT molecular complexity index is 1070. The van der Waals surface area contributed by atoms with Gasteiger partial charge < -0.3 is 5.32 Å². The maximum atomic E-state index is 12.5. The minimum atomic E-state index is -3.75. The second kappa shape index (κ2) is 8.87. The number of anilines is 1. The molecule has 2 N–H and O–H groups in total. The predicted octanol–water partition coefficient (Wildman–Crippen LogP) is 3.44. The van der Waals surface area contributed by atoms with E-state index in [1.165, 1.54) is 12.1 Å². The molecular weight excluding hydrogens is 410 g/mol. The van der Waals surface area contributed by atoms with Crippen LogP contribution < -0.4 is 10.0 Å². The molecule has 2 heterocycles. The van der Waals surface area contributed by atoms with Crippen molar-refractivity contribution >= 4 is 44.6 Å². The van der Waals surface area contributed by atoms with Gasteiger partial charge in [0.15, 0.2) is 5.78 Å². The molecule has 0 saturated carbocycles. The molecule has 1 aliphatic heterocycles. The third-order valence-electron chi connectivity index (χ3n) is 4.48. The van der Waals surface area contributed by atoms with Crippen LogP contribution in [0.15, 0.2) is 40.2 Å². The molecule has 0 fully saturated rings. The number of aliphatic imine (C=N–C) groups is 1. The Balaban J connectivity index is 1.60. The number of benzene rings is 1. The number of nitrogens with one attached hydrogen (secondary N) is 2. The van der Waals surface area contributed by atoms with Crippen LogP contribution in [0.25, 0.3) is 0 Å². The van der Waals surface area contributed by atoms with Gasteiger partial charge in [-0.3, -0.25) is 19.3 Å². The van der Waals surface area contributed by atoms with E-state index >= 15 is 0 Å². The number of Topliss-reactive ketones (excluding diaryl/α,β-unsaturated/α-hetero) is 1. The monoisotopic (exact) mass is 433 g/mol. The van der Waals surface area contributed by atoms with Crippen LogP contribution in [-0.4, -0.2) is 32.5 Å². The maximum Gasteiger partial charge on any atom is 0.262 e. The molecule has 1 aromatic heterocycles. The van der Waals surface area contributed by atoms with E-state index in [0.717, 1.165) is 16.2 Å². The number of amides is 1. The molecule has 1 aromatic carbocycles. The summed E-state index contributed by atoms with van der Waals surface area (Å²) in [5.41, 5.74) is 1.02. The summed E-state index contributed by atoms with van der Waals surface area (Å²) in [6, 6.07) is 7.86. The Morgan fingerprint density at radius 3 is 2.62 bits per heavy atom. The third-order valence-corrected chi connectivity index (χ3v) is 6.82. The van der Waals surface area contributed by atoms with Gasteiger partial charge >= 0.3 is 0 Å². The summed E-state index contributed by atoms with van der Waals surface area (Å²) in [5, 5.41) is 2.66. The number of rotatable bonds is 7. The second-order valence-electron chi connectivity index (χ2n) is 6.86. The van der Waals surface area contributed by atoms with E-state index in [0.29, 0.717) is 30.1 Å². The fraction of sp³-hybridized carbons (Fsp3) is 0.350. The quantitative estimate of drug-likeness (QED) is 0.653. The zero-order valence-corrected chi connectivity index (χ0v) is 18.0. The summed E-state index contributed by atoms with van der Waals surface area (Å²) in [7, 11) is -3.75. The lowest BCUT2D eigenvalue weighted by Gasteiger charge is -2.10. The van der Waals surface area contributed by atoms with Crippen molar-refractivity contribution in [3.8, 4) is 0 Å². The van der Waals surface area contributed by atoms with Crippen LogP contribution in [0, 0.1) is 13.8 Å². The lowest BCUT2D eigenvalue weighted by atomic mass is 10.1. The molecule has 29 heavy (non-hydrogen) atoms. The largest absolute Gasteiger partial charge is 0.326 e. The van der Waals surface area contributed by atoms with Gasteiger partial charge in [-0.2, -0.15) is 0 Å². The predicted molar refractivity (Wildman–Crippen MR) is 114 cm³/mol. The molecule has 154 valence electrons. The van der Waals surface area contributed by atoms with Crippen molar-refractivity contribution in [3.05, 3.63) is 45.6 Å². The Labute approximate surface area is 174 Å². The van der Waals surface area contributed by atoms with Crippen molar-refractivity contribution in [2.75, 3.05) is 11.9 Å². The van der Waals surface area contributed by atoms with E-state index in [-0.39, 0.29) is 29.4 Å². The average molecular weight is 434 g/mol. The second-order valence-corrected chi connectivity index (χ2v) is 10.0. The summed E-state index contributed by atoms with van der Waals surface area (Å²) < 4.78 is 27.5. The molecular formula is C20H23N3O4S2. The number of thiophene rings is 1. The van der Waals surface area contributed by atoms with Gasteiger partial charge in [-0.15, -0.1) is 11.3 Å². The molecule has 2 aromatic rings. The molecule has 7 nitrogen and oxygen atoms in total. The minimum Gasteiger partial charge on any atom is -0.326 e. The molecule has 0 saturated heterocycles. The molecule has 9 heteroatoms. The summed E-state index contributed by atoms with van der Waals surface area (Å²) in [6.07, 6.45) is 1.56. The Kier molecular flexibility index (Phi) is 6.49. The van der Waals surface area contributed by atoms with Gasteiger partial charge in [0.25, 0.3) is 10.0 Å². The molecule has 1 aliphatic rings. The molecule has 0 unspecified atom stereocenters. The lowest BCUT2D eigenvalue weighted by molar-refractivity contribution is -0.116. The van der Waals surface area contributed by atoms with Gasteiger partial charge in [0.1, 0.15) is 5.84 Å². The zero-order chi connectivity index (χ0) is 21.0. The van der Waals surface area contributed by atoms with E-state index in [9.17, 15) is 18.0 Å². The van der Waals surface area contributed by atoms with Crippen LogP contribution in [0.3, 0.4) is 0 Å². The van der Waals surface area contributed by atoms with Gasteiger partial charge in [0, 0.05) is 46.8 Å². The topological polar surface area (TPSA) is 105 Å². The number of carbonyl (C=O) groups is 2. The Morgan fingerprint density at radius 1 is 1.17 bits per heavy atom. The smallest absolute Gasteiger partial charge is 0.262 e. The van der Waals surface area contributed by atoms with Gasteiger partial charge in [0.2, 0.25) is 5.91 Å². The van der Waals surface area contributed by atoms with Crippen molar-refractivity contribution < 1.29 is 18.0 Å². The van der Waals surface area contributed by atoms with E-state index < -0.39 is 10.0 Å². The zero-order valence-electron chi connectivity index (χ0n) is 16.3. The first kappa shape index (κ1) is 21.2. The number of ketones is 1. The van der Waals surface area contributed by atoms with Crippen LogP contribution in [0.5, 0.6) is 0 Å². The highest BCUT2D eigenvalue weighted by Gasteiger charge is 2.19. The number of amidine groups is 1. The van der Waals surface area contributed by atoms with Crippen molar-refractivity contribution in [1.82, 2.24) is 4.72 Å². The summed E-state index contributed by atoms with van der Waals surface area (Å²) in [6.45, 7) is 4.45. The van der Waals surface area contributed by atoms with Crippen molar-refractivity contribution in [2.45, 2.75) is 44.4 Å². The molecule has 0 radical (unpaired) electrons. The van der Waals surface area contributed by atoms with Crippen molar-refractivity contribution in [3.63, 3.8) is 0 Å². The summed E-state index contributed by atoms with van der Waals surface area (Å²) in [4.78, 5) is 30.7. The average Bonchev–Trinajstić information content (AvgIpc) is 3.28. The van der Waals surface area contributed by atoms with Crippen LogP contribution >= 0.6 is 11.3 Å². The Morgan fingerprint density at radius 2 is 1.97 bits per heavy atom. The number of hydrogen-bond acceptors (Lipinski definition) is 6. The van der Waals surface area contributed by atoms with Crippen LogP contribution in [0.1, 0.15) is 45.8 Å². The van der Waals surface area contributed by atoms with E-state index in [2.05, 4.69) is 15.0 Å². The highest BCUT2D eigenvalue weighted by Crippen LogP contribution is 2.22. The summed E-state index contributed by atoms with van der Waals surface area (Å²) in [5.74, 6) is 0.0439.